The third kappa shape index (κ3) is 2.98. The first-order valence-electron chi connectivity index (χ1n) is 5.34. The van der Waals surface area contributed by atoms with Crippen molar-refractivity contribution in [3.05, 3.63) is 54.2 Å². The molecule has 82 valence electrons. The Morgan fingerprint density at radius 2 is 1.94 bits per heavy atom. The lowest BCUT2D eigenvalue weighted by Crippen LogP contribution is -2.05. The van der Waals surface area contributed by atoms with E-state index in [0.29, 0.717) is 5.82 Å². The predicted molar refractivity (Wildman–Crippen MR) is 67.3 cm³/mol. The van der Waals surface area contributed by atoms with Crippen LogP contribution in [0.1, 0.15) is 5.56 Å². The van der Waals surface area contributed by atoms with Crippen molar-refractivity contribution < 1.29 is 0 Å². The van der Waals surface area contributed by atoms with Gasteiger partial charge in [-0.1, -0.05) is 30.3 Å². The van der Waals surface area contributed by atoms with Crippen molar-refractivity contribution in [1.29, 1.82) is 0 Å². The van der Waals surface area contributed by atoms with Gasteiger partial charge in [0.05, 0.1) is 0 Å². The summed E-state index contributed by atoms with van der Waals surface area (Å²) in [6, 6.07) is 14.2. The summed E-state index contributed by atoms with van der Waals surface area (Å²) in [5.41, 5.74) is 7.94. The normalized spacial score (nSPS) is 10.0. The average molecular weight is 213 g/mol. The molecule has 1 aromatic carbocycles. The van der Waals surface area contributed by atoms with E-state index < -0.39 is 0 Å². The van der Waals surface area contributed by atoms with Crippen LogP contribution in [0.4, 0.5) is 11.5 Å². The lowest BCUT2D eigenvalue weighted by Gasteiger charge is -2.06. The highest BCUT2D eigenvalue weighted by molar-refractivity contribution is 5.49. The van der Waals surface area contributed by atoms with Crippen LogP contribution in [0.5, 0.6) is 0 Å². The summed E-state index contributed by atoms with van der Waals surface area (Å²) < 4.78 is 0. The number of nitrogens with two attached hydrogens (primary N) is 1. The molecule has 3 nitrogen and oxygen atoms in total. The smallest absolute Gasteiger partial charge is 0.125 e. The molecule has 3 N–H and O–H groups in total. The SMILES string of the molecule is Nc1cc(NCCc2ccccc2)ccn1. The lowest BCUT2D eigenvalue weighted by molar-refractivity contribution is 1.02. The van der Waals surface area contributed by atoms with Crippen molar-refractivity contribution in [2.75, 3.05) is 17.6 Å². The Morgan fingerprint density at radius 3 is 2.69 bits per heavy atom. The number of rotatable bonds is 4. The Hall–Kier alpha value is -2.03. The molecule has 0 amide bonds. The topological polar surface area (TPSA) is 50.9 Å². The monoisotopic (exact) mass is 213 g/mol. The van der Waals surface area contributed by atoms with Gasteiger partial charge in [-0.2, -0.15) is 0 Å². The van der Waals surface area contributed by atoms with Gasteiger partial charge < -0.3 is 11.1 Å². The predicted octanol–water partition coefficient (Wildman–Crippen LogP) is 2.32. The maximum atomic E-state index is 5.59. The van der Waals surface area contributed by atoms with Crippen LogP contribution in [0.2, 0.25) is 0 Å². The number of aromatic nitrogens is 1. The highest BCUT2D eigenvalue weighted by atomic mass is 14.9. The number of nitrogens with one attached hydrogen (secondary N) is 1. The fraction of sp³-hybridized carbons (Fsp3) is 0.154. The Labute approximate surface area is 95.3 Å². The van der Waals surface area contributed by atoms with Crippen molar-refractivity contribution in [2.24, 2.45) is 0 Å². The molecule has 0 unspecified atom stereocenters. The van der Waals surface area contributed by atoms with Gasteiger partial charge in [-0.05, 0) is 18.1 Å². The van der Waals surface area contributed by atoms with Crippen molar-refractivity contribution >= 4 is 11.5 Å². The molecule has 0 bridgehead atoms. The van der Waals surface area contributed by atoms with Gasteiger partial charge in [0.25, 0.3) is 0 Å². The second kappa shape index (κ2) is 5.16. The van der Waals surface area contributed by atoms with Crippen molar-refractivity contribution in [2.45, 2.75) is 6.42 Å². The molecule has 0 aliphatic rings. The van der Waals surface area contributed by atoms with Crippen LogP contribution in [0, 0.1) is 0 Å². The van der Waals surface area contributed by atoms with E-state index in [0.717, 1.165) is 18.7 Å². The molecule has 1 aromatic heterocycles. The van der Waals surface area contributed by atoms with E-state index in [9.17, 15) is 0 Å². The van der Waals surface area contributed by atoms with E-state index in [-0.39, 0.29) is 0 Å². The van der Waals surface area contributed by atoms with Crippen molar-refractivity contribution in [1.82, 2.24) is 4.98 Å². The van der Waals surface area contributed by atoms with Gasteiger partial charge in [0, 0.05) is 24.5 Å². The zero-order valence-corrected chi connectivity index (χ0v) is 9.06. The van der Waals surface area contributed by atoms with Gasteiger partial charge in [0.1, 0.15) is 5.82 Å². The third-order valence-electron chi connectivity index (χ3n) is 2.37. The molecule has 16 heavy (non-hydrogen) atoms. The summed E-state index contributed by atoms with van der Waals surface area (Å²) in [7, 11) is 0. The first-order chi connectivity index (χ1) is 7.84. The van der Waals surface area contributed by atoms with E-state index in [1.54, 1.807) is 6.20 Å². The number of benzene rings is 1. The second-order valence-corrected chi connectivity index (χ2v) is 3.63. The van der Waals surface area contributed by atoms with Crippen molar-refractivity contribution in [3.8, 4) is 0 Å². The highest BCUT2D eigenvalue weighted by Crippen LogP contribution is 2.09. The maximum Gasteiger partial charge on any atom is 0.125 e. The van der Waals surface area contributed by atoms with E-state index in [1.807, 2.05) is 18.2 Å². The Morgan fingerprint density at radius 1 is 1.12 bits per heavy atom. The zero-order chi connectivity index (χ0) is 11.2. The standard InChI is InChI=1S/C13H15N3/c14-13-10-12(7-9-16-13)15-8-6-11-4-2-1-3-5-11/h1-5,7,9-10H,6,8H2,(H3,14,15,16). The van der Waals surface area contributed by atoms with E-state index in [1.165, 1.54) is 5.56 Å². The molecular formula is C13H15N3. The molecule has 2 aromatic rings. The van der Waals surface area contributed by atoms with Gasteiger partial charge in [0.15, 0.2) is 0 Å². The number of nitrogen functional groups attached to an aromatic ring is 1. The molecule has 0 aliphatic heterocycles. The molecule has 0 saturated carbocycles. The molecule has 3 heteroatoms. The van der Waals surface area contributed by atoms with Crippen LogP contribution in [0.3, 0.4) is 0 Å². The summed E-state index contributed by atoms with van der Waals surface area (Å²) in [5.74, 6) is 0.546. The fourth-order valence-corrected chi connectivity index (χ4v) is 1.55. The summed E-state index contributed by atoms with van der Waals surface area (Å²) in [5, 5.41) is 3.31. The van der Waals surface area contributed by atoms with E-state index in [2.05, 4.69) is 34.6 Å². The lowest BCUT2D eigenvalue weighted by atomic mass is 10.1. The van der Waals surface area contributed by atoms with Crippen LogP contribution in [-0.4, -0.2) is 11.5 Å². The Balaban J connectivity index is 1.85. The number of anilines is 2. The molecule has 0 fully saturated rings. The number of nitrogens with zero attached hydrogens (tertiary/aromatic N) is 1. The Bertz CT molecular complexity index is 440. The number of hydrogen-bond donors (Lipinski definition) is 2. The molecule has 0 atom stereocenters. The maximum absolute atomic E-state index is 5.59. The minimum atomic E-state index is 0.546. The van der Waals surface area contributed by atoms with Gasteiger partial charge in [-0.25, -0.2) is 4.98 Å². The Kier molecular flexibility index (Phi) is 3.38. The largest absolute Gasteiger partial charge is 0.385 e. The van der Waals surface area contributed by atoms with Crippen LogP contribution < -0.4 is 11.1 Å². The summed E-state index contributed by atoms with van der Waals surface area (Å²) >= 11 is 0. The minimum Gasteiger partial charge on any atom is -0.385 e. The molecule has 0 aliphatic carbocycles. The van der Waals surface area contributed by atoms with Crippen LogP contribution in [0.25, 0.3) is 0 Å². The summed E-state index contributed by atoms with van der Waals surface area (Å²) in [6.07, 6.45) is 2.71. The number of pyridine rings is 1. The van der Waals surface area contributed by atoms with Gasteiger partial charge in [0.2, 0.25) is 0 Å². The fourth-order valence-electron chi connectivity index (χ4n) is 1.55. The van der Waals surface area contributed by atoms with Crippen molar-refractivity contribution in [3.63, 3.8) is 0 Å². The highest BCUT2D eigenvalue weighted by Gasteiger charge is 1.94. The minimum absolute atomic E-state index is 0.546. The van der Waals surface area contributed by atoms with Crippen LogP contribution >= 0.6 is 0 Å². The molecule has 0 spiro atoms. The van der Waals surface area contributed by atoms with Crippen LogP contribution in [-0.2, 0) is 6.42 Å². The molecule has 1 heterocycles. The number of hydrogen-bond acceptors (Lipinski definition) is 3. The van der Waals surface area contributed by atoms with E-state index >= 15 is 0 Å². The zero-order valence-electron chi connectivity index (χ0n) is 9.06. The first-order valence-corrected chi connectivity index (χ1v) is 5.34. The first kappa shape index (κ1) is 10.5. The quantitative estimate of drug-likeness (QED) is 0.819. The molecular weight excluding hydrogens is 198 g/mol. The average Bonchev–Trinajstić information content (AvgIpc) is 2.30. The van der Waals surface area contributed by atoms with Crippen LogP contribution in [0.15, 0.2) is 48.7 Å². The second-order valence-electron chi connectivity index (χ2n) is 3.63. The molecule has 0 radical (unpaired) electrons. The van der Waals surface area contributed by atoms with Gasteiger partial charge in [-0.15, -0.1) is 0 Å². The molecule has 0 saturated heterocycles. The summed E-state index contributed by atoms with van der Waals surface area (Å²) in [6.45, 7) is 0.896. The van der Waals surface area contributed by atoms with E-state index in [4.69, 9.17) is 5.73 Å². The molecule has 2 rings (SSSR count). The summed E-state index contributed by atoms with van der Waals surface area (Å²) in [4.78, 5) is 3.94. The third-order valence-corrected chi connectivity index (χ3v) is 2.37. The van der Waals surface area contributed by atoms with Gasteiger partial charge >= 0.3 is 0 Å². The van der Waals surface area contributed by atoms with Gasteiger partial charge in [-0.3, -0.25) is 0 Å².